The average Bonchev–Trinajstić information content (AvgIpc) is 2.65. The number of ether oxygens (including phenoxy) is 1. The zero-order valence-electron chi connectivity index (χ0n) is 15.5. The molecule has 0 heterocycles. The molecule has 1 N–H and O–H groups in total. The van der Waals surface area contributed by atoms with Gasteiger partial charge in [-0.1, -0.05) is 43.3 Å². The third-order valence-corrected chi connectivity index (χ3v) is 4.25. The summed E-state index contributed by atoms with van der Waals surface area (Å²) in [5.74, 6) is -1.37. The van der Waals surface area contributed by atoms with Crippen LogP contribution in [0.2, 0.25) is 0 Å². The molecule has 0 aliphatic carbocycles. The predicted octanol–water partition coefficient (Wildman–Crippen LogP) is 3.50. The second kappa shape index (κ2) is 8.93. The lowest BCUT2D eigenvalue weighted by Crippen LogP contribution is -2.31. The molecule has 0 aromatic heterocycles. The molecule has 0 aliphatic heterocycles. The van der Waals surface area contributed by atoms with E-state index in [9.17, 15) is 19.7 Å². The Morgan fingerprint density at radius 1 is 1.19 bits per heavy atom. The third kappa shape index (κ3) is 5.13. The van der Waals surface area contributed by atoms with E-state index in [1.807, 2.05) is 31.2 Å². The summed E-state index contributed by atoms with van der Waals surface area (Å²) in [5, 5.41) is 13.8. The molecule has 1 atom stereocenters. The molecular weight excluding hydrogens is 348 g/mol. The molecule has 7 nitrogen and oxygen atoms in total. The van der Waals surface area contributed by atoms with Gasteiger partial charge in [-0.3, -0.25) is 14.9 Å². The molecule has 1 amide bonds. The molecular formula is C20H22N2O5. The lowest BCUT2D eigenvalue weighted by atomic mass is 10.1. The van der Waals surface area contributed by atoms with Gasteiger partial charge in [-0.05, 0) is 37.0 Å². The van der Waals surface area contributed by atoms with Crippen LogP contribution in [0.15, 0.2) is 42.5 Å². The molecule has 0 radical (unpaired) electrons. The van der Waals surface area contributed by atoms with Gasteiger partial charge in [0.1, 0.15) is 5.56 Å². The van der Waals surface area contributed by atoms with Gasteiger partial charge < -0.3 is 10.1 Å². The number of nitro groups is 1. The number of rotatable bonds is 7. The molecule has 0 saturated heterocycles. The van der Waals surface area contributed by atoms with Crippen LogP contribution in [0.4, 0.5) is 5.69 Å². The minimum Gasteiger partial charge on any atom is -0.452 e. The Kier molecular flexibility index (Phi) is 6.65. The van der Waals surface area contributed by atoms with Gasteiger partial charge in [0.25, 0.3) is 11.6 Å². The second-order valence-corrected chi connectivity index (χ2v) is 6.19. The fraction of sp³-hybridized carbons (Fsp3) is 0.300. The molecule has 2 rings (SSSR count). The summed E-state index contributed by atoms with van der Waals surface area (Å²) >= 11 is 0. The first kappa shape index (κ1) is 20.1. The highest BCUT2D eigenvalue weighted by Crippen LogP contribution is 2.22. The van der Waals surface area contributed by atoms with Crippen molar-refractivity contribution >= 4 is 17.6 Å². The Morgan fingerprint density at radius 3 is 2.44 bits per heavy atom. The van der Waals surface area contributed by atoms with Gasteiger partial charge in [0, 0.05) is 6.07 Å². The minimum atomic E-state index is -0.894. The number of nitro benzene ring substituents is 1. The third-order valence-electron chi connectivity index (χ3n) is 4.25. The van der Waals surface area contributed by atoms with E-state index in [0.717, 1.165) is 12.0 Å². The van der Waals surface area contributed by atoms with Gasteiger partial charge in [-0.15, -0.1) is 0 Å². The average molecular weight is 370 g/mol. The van der Waals surface area contributed by atoms with Crippen LogP contribution in [-0.4, -0.2) is 23.4 Å². The highest BCUT2D eigenvalue weighted by molar-refractivity contribution is 5.96. The number of aryl methyl sites for hydroxylation is 2. The Bertz CT molecular complexity index is 846. The van der Waals surface area contributed by atoms with Crippen molar-refractivity contribution in [2.45, 2.75) is 33.2 Å². The fourth-order valence-corrected chi connectivity index (χ4v) is 2.68. The van der Waals surface area contributed by atoms with E-state index in [4.69, 9.17) is 4.74 Å². The molecule has 0 saturated carbocycles. The van der Waals surface area contributed by atoms with Crippen molar-refractivity contribution in [2.24, 2.45) is 0 Å². The molecule has 27 heavy (non-hydrogen) atoms. The summed E-state index contributed by atoms with van der Waals surface area (Å²) in [6.07, 6.45) is 0.933. The van der Waals surface area contributed by atoms with Crippen LogP contribution in [-0.2, 0) is 16.0 Å². The molecule has 0 fully saturated rings. The second-order valence-electron chi connectivity index (χ2n) is 6.19. The molecule has 0 aliphatic rings. The number of nitrogens with one attached hydrogen (secondary N) is 1. The zero-order chi connectivity index (χ0) is 20.0. The van der Waals surface area contributed by atoms with Crippen molar-refractivity contribution < 1.29 is 19.2 Å². The normalized spacial score (nSPS) is 11.5. The highest BCUT2D eigenvalue weighted by Gasteiger charge is 2.24. The number of benzene rings is 2. The van der Waals surface area contributed by atoms with Crippen LogP contribution in [0.1, 0.15) is 46.9 Å². The molecule has 2 aromatic carbocycles. The maximum Gasteiger partial charge on any atom is 0.345 e. The van der Waals surface area contributed by atoms with E-state index >= 15 is 0 Å². The van der Waals surface area contributed by atoms with E-state index in [1.54, 1.807) is 13.0 Å². The maximum absolute atomic E-state index is 12.2. The van der Waals surface area contributed by atoms with E-state index in [0.29, 0.717) is 5.56 Å². The van der Waals surface area contributed by atoms with Gasteiger partial charge in [-0.2, -0.15) is 0 Å². The first-order valence-electron chi connectivity index (χ1n) is 8.62. The Hall–Kier alpha value is -3.22. The van der Waals surface area contributed by atoms with Crippen LogP contribution in [0.25, 0.3) is 0 Å². The van der Waals surface area contributed by atoms with Crippen molar-refractivity contribution in [1.82, 2.24) is 5.32 Å². The van der Waals surface area contributed by atoms with E-state index in [1.165, 1.54) is 17.7 Å². The zero-order valence-corrected chi connectivity index (χ0v) is 15.5. The number of amides is 1. The lowest BCUT2D eigenvalue weighted by Gasteiger charge is -2.15. The van der Waals surface area contributed by atoms with Gasteiger partial charge in [-0.25, -0.2) is 4.79 Å². The SMILES string of the molecule is CCc1ccc(C(C)NC(=O)COC(=O)c2c(C)cccc2[N+](=O)[O-])cc1. The topological polar surface area (TPSA) is 98.5 Å². The summed E-state index contributed by atoms with van der Waals surface area (Å²) in [7, 11) is 0. The van der Waals surface area contributed by atoms with Crippen LogP contribution in [0, 0.1) is 17.0 Å². The predicted molar refractivity (Wildman–Crippen MR) is 100 cm³/mol. The maximum atomic E-state index is 12.2. The number of nitrogens with zero attached hydrogens (tertiary/aromatic N) is 1. The van der Waals surface area contributed by atoms with E-state index in [-0.39, 0.29) is 17.3 Å². The minimum absolute atomic E-state index is 0.140. The molecule has 2 aromatic rings. The number of esters is 1. The number of hydrogen-bond acceptors (Lipinski definition) is 5. The van der Waals surface area contributed by atoms with Crippen LogP contribution >= 0.6 is 0 Å². The summed E-state index contributed by atoms with van der Waals surface area (Å²) in [5.41, 5.74) is 2.06. The largest absolute Gasteiger partial charge is 0.452 e. The molecule has 7 heteroatoms. The van der Waals surface area contributed by atoms with Gasteiger partial charge in [0.2, 0.25) is 0 Å². The Balaban J connectivity index is 1.97. The first-order valence-corrected chi connectivity index (χ1v) is 8.62. The monoisotopic (exact) mass is 370 g/mol. The summed E-state index contributed by atoms with van der Waals surface area (Å²) in [4.78, 5) is 34.7. The highest BCUT2D eigenvalue weighted by atomic mass is 16.6. The summed E-state index contributed by atoms with van der Waals surface area (Å²) in [6.45, 7) is 4.95. The van der Waals surface area contributed by atoms with E-state index < -0.39 is 23.4 Å². The van der Waals surface area contributed by atoms with Crippen LogP contribution in [0.3, 0.4) is 0 Å². The molecule has 1 unspecified atom stereocenters. The Morgan fingerprint density at radius 2 is 1.85 bits per heavy atom. The Labute approximate surface area is 157 Å². The van der Waals surface area contributed by atoms with Crippen molar-refractivity contribution in [3.8, 4) is 0 Å². The molecule has 0 bridgehead atoms. The lowest BCUT2D eigenvalue weighted by molar-refractivity contribution is -0.385. The van der Waals surface area contributed by atoms with Crippen LogP contribution < -0.4 is 5.32 Å². The van der Waals surface area contributed by atoms with E-state index in [2.05, 4.69) is 12.2 Å². The van der Waals surface area contributed by atoms with Crippen molar-refractivity contribution in [2.75, 3.05) is 6.61 Å². The van der Waals surface area contributed by atoms with Gasteiger partial charge in [0.15, 0.2) is 6.61 Å². The summed E-state index contributed by atoms with van der Waals surface area (Å²) in [6, 6.07) is 11.9. The van der Waals surface area contributed by atoms with Gasteiger partial charge >= 0.3 is 5.97 Å². The van der Waals surface area contributed by atoms with Crippen LogP contribution in [0.5, 0.6) is 0 Å². The van der Waals surface area contributed by atoms with Gasteiger partial charge in [0.05, 0.1) is 11.0 Å². The van der Waals surface area contributed by atoms with Crippen molar-refractivity contribution in [3.63, 3.8) is 0 Å². The molecule has 142 valence electrons. The molecule has 0 spiro atoms. The van der Waals surface area contributed by atoms with Crippen molar-refractivity contribution in [3.05, 3.63) is 74.8 Å². The number of carbonyl (C=O) groups is 2. The smallest absolute Gasteiger partial charge is 0.345 e. The van der Waals surface area contributed by atoms with Crippen molar-refractivity contribution in [1.29, 1.82) is 0 Å². The number of carbonyl (C=O) groups excluding carboxylic acids is 2. The quantitative estimate of drug-likeness (QED) is 0.457. The fourth-order valence-electron chi connectivity index (χ4n) is 2.68. The first-order chi connectivity index (χ1) is 12.8. The summed E-state index contributed by atoms with van der Waals surface area (Å²) < 4.78 is 4.98. The number of hydrogen-bond donors (Lipinski definition) is 1. The standard InChI is InChI=1S/C20H22N2O5/c1-4-15-8-10-16(11-9-15)14(3)21-18(23)12-27-20(24)19-13(2)6-5-7-17(19)22(25)26/h5-11,14H,4,12H2,1-3H3,(H,21,23).